The fourth-order valence-electron chi connectivity index (χ4n) is 1.24. The van der Waals surface area contributed by atoms with E-state index >= 15 is 0 Å². The Bertz CT molecular complexity index is 508. The molecule has 1 aromatic rings. The highest BCUT2D eigenvalue weighted by Gasteiger charge is 2.05. The van der Waals surface area contributed by atoms with Gasteiger partial charge in [-0.1, -0.05) is 12.1 Å². The third-order valence-electron chi connectivity index (χ3n) is 2.05. The molecule has 6 heteroatoms. The number of hydrogen-bond acceptors (Lipinski definition) is 4. The highest BCUT2D eigenvalue weighted by molar-refractivity contribution is 8.13. The van der Waals surface area contributed by atoms with E-state index in [0.29, 0.717) is 30.8 Å². The minimum absolute atomic E-state index is 0.0577. The van der Waals surface area contributed by atoms with Gasteiger partial charge >= 0.3 is 0 Å². The van der Waals surface area contributed by atoms with Gasteiger partial charge < -0.3 is 4.74 Å². The molecule has 0 heterocycles. The molecule has 0 aliphatic heterocycles. The number of benzene rings is 1. The van der Waals surface area contributed by atoms with Gasteiger partial charge in [0.05, 0.1) is 17.9 Å². The Morgan fingerprint density at radius 1 is 1.29 bits per heavy atom. The van der Waals surface area contributed by atoms with Crippen LogP contribution in [0.4, 0.5) is 0 Å². The van der Waals surface area contributed by atoms with Crippen molar-refractivity contribution in [1.82, 2.24) is 0 Å². The molecular weight excluding hydrogens is 262 g/mol. The van der Waals surface area contributed by atoms with Gasteiger partial charge in [0.1, 0.15) is 11.8 Å². The molecule has 1 rings (SSSR count). The normalized spacial score (nSPS) is 10.8. The van der Waals surface area contributed by atoms with Crippen LogP contribution < -0.4 is 4.74 Å². The molecule has 0 amide bonds. The molecule has 17 heavy (non-hydrogen) atoms. The molecule has 0 unspecified atom stereocenters. The molecule has 0 aliphatic rings. The maximum absolute atomic E-state index is 10.6. The van der Waals surface area contributed by atoms with E-state index in [1.54, 1.807) is 24.3 Å². The lowest BCUT2D eigenvalue weighted by Gasteiger charge is -2.06. The summed E-state index contributed by atoms with van der Waals surface area (Å²) in [5, 5.41) is 8.80. The molecular formula is C11H12ClNO3S. The molecule has 0 aromatic heterocycles. The van der Waals surface area contributed by atoms with E-state index in [0.717, 1.165) is 0 Å². The van der Waals surface area contributed by atoms with Crippen LogP contribution in [0.25, 0.3) is 0 Å². The van der Waals surface area contributed by atoms with Crippen molar-refractivity contribution in [3.05, 3.63) is 29.8 Å². The quantitative estimate of drug-likeness (QED) is 0.589. The summed E-state index contributed by atoms with van der Waals surface area (Å²) >= 11 is 0. The third-order valence-corrected chi connectivity index (χ3v) is 3.29. The van der Waals surface area contributed by atoms with E-state index in [1.165, 1.54) is 0 Å². The smallest absolute Gasteiger partial charge is 0.232 e. The van der Waals surface area contributed by atoms with Crippen molar-refractivity contribution in [1.29, 1.82) is 5.26 Å². The lowest BCUT2D eigenvalue weighted by atomic mass is 10.2. The third kappa shape index (κ3) is 5.57. The van der Waals surface area contributed by atoms with Gasteiger partial charge in [0.2, 0.25) is 9.05 Å². The average molecular weight is 274 g/mol. The molecule has 0 saturated carbocycles. The van der Waals surface area contributed by atoms with Crippen LogP contribution in [0.2, 0.25) is 0 Å². The zero-order chi connectivity index (χ0) is 12.7. The molecule has 0 saturated heterocycles. The number of ether oxygens (including phenoxy) is 1. The first-order chi connectivity index (χ1) is 8.03. The van der Waals surface area contributed by atoms with Gasteiger partial charge in [-0.3, -0.25) is 0 Å². The van der Waals surface area contributed by atoms with Crippen molar-refractivity contribution in [2.75, 3.05) is 12.4 Å². The van der Waals surface area contributed by atoms with Crippen molar-refractivity contribution >= 4 is 19.7 Å². The highest BCUT2D eigenvalue weighted by Crippen LogP contribution is 2.16. The minimum Gasteiger partial charge on any atom is -0.492 e. The van der Waals surface area contributed by atoms with Crippen LogP contribution in [0.1, 0.15) is 18.4 Å². The highest BCUT2D eigenvalue weighted by atomic mass is 35.7. The molecule has 0 aliphatic carbocycles. The van der Waals surface area contributed by atoms with E-state index in [9.17, 15) is 8.42 Å². The molecule has 0 radical (unpaired) electrons. The van der Waals surface area contributed by atoms with E-state index in [2.05, 4.69) is 0 Å². The predicted octanol–water partition coefficient (Wildman–Crippen LogP) is 2.29. The fourth-order valence-corrected chi connectivity index (χ4v) is 2.12. The van der Waals surface area contributed by atoms with Crippen LogP contribution in [0, 0.1) is 11.3 Å². The van der Waals surface area contributed by atoms with Crippen LogP contribution in [-0.4, -0.2) is 20.8 Å². The first-order valence-electron chi connectivity index (χ1n) is 5.07. The van der Waals surface area contributed by atoms with Gasteiger partial charge in [-0.2, -0.15) is 5.26 Å². The molecule has 0 bridgehead atoms. The largest absolute Gasteiger partial charge is 0.492 e. The first kappa shape index (κ1) is 13.8. The maximum Gasteiger partial charge on any atom is 0.232 e. The van der Waals surface area contributed by atoms with E-state index in [4.69, 9.17) is 20.7 Å². The number of unbranched alkanes of at least 4 members (excludes halogenated alkanes) is 1. The number of nitriles is 1. The topological polar surface area (TPSA) is 67.2 Å². The monoisotopic (exact) mass is 273 g/mol. The summed E-state index contributed by atoms with van der Waals surface area (Å²) in [6.45, 7) is 0.366. The number of para-hydroxylation sites is 1. The minimum atomic E-state index is -3.42. The average Bonchev–Trinajstić information content (AvgIpc) is 2.27. The summed E-state index contributed by atoms with van der Waals surface area (Å²) in [7, 11) is 1.65. The Kier molecular flexibility index (Phi) is 5.26. The Balaban J connectivity index is 2.34. The Hall–Kier alpha value is -1.25. The summed E-state index contributed by atoms with van der Waals surface area (Å²) in [4.78, 5) is 0. The first-order valence-corrected chi connectivity index (χ1v) is 7.55. The second-order valence-electron chi connectivity index (χ2n) is 3.41. The van der Waals surface area contributed by atoms with Crippen molar-refractivity contribution in [2.24, 2.45) is 0 Å². The van der Waals surface area contributed by atoms with Crippen LogP contribution in [0.3, 0.4) is 0 Å². The molecule has 0 spiro atoms. The fraction of sp³-hybridized carbons (Fsp3) is 0.364. The van der Waals surface area contributed by atoms with Crippen molar-refractivity contribution < 1.29 is 13.2 Å². The van der Waals surface area contributed by atoms with Gasteiger partial charge in [-0.05, 0) is 25.0 Å². The van der Waals surface area contributed by atoms with Crippen molar-refractivity contribution in [2.45, 2.75) is 12.8 Å². The SMILES string of the molecule is N#Cc1ccccc1OCCCCS(=O)(=O)Cl. The summed E-state index contributed by atoms with van der Waals surface area (Å²) in [6.07, 6.45) is 1.02. The van der Waals surface area contributed by atoms with Gasteiger partial charge in [-0.25, -0.2) is 8.42 Å². The summed E-state index contributed by atoms with van der Waals surface area (Å²) in [5.74, 6) is 0.460. The summed E-state index contributed by atoms with van der Waals surface area (Å²) in [6, 6.07) is 8.92. The Morgan fingerprint density at radius 2 is 2.00 bits per heavy atom. The molecule has 1 aromatic carbocycles. The van der Waals surface area contributed by atoms with Crippen LogP contribution in [0.5, 0.6) is 5.75 Å². The standard InChI is InChI=1S/C11H12ClNO3S/c12-17(14,15)8-4-3-7-16-11-6-2-1-5-10(11)9-13/h1-2,5-6H,3-4,7-8H2. The molecule has 92 valence electrons. The summed E-state index contributed by atoms with van der Waals surface area (Å²) < 4.78 is 26.7. The Labute approximate surface area is 105 Å². The van der Waals surface area contributed by atoms with Gasteiger partial charge in [0.15, 0.2) is 0 Å². The number of hydrogen-bond donors (Lipinski definition) is 0. The van der Waals surface area contributed by atoms with E-state index < -0.39 is 9.05 Å². The Morgan fingerprint density at radius 3 is 2.65 bits per heavy atom. The lowest BCUT2D eigenvalue weighted by Crippen LogP contribution is -2.03. The molecule has 0 fully saturated rings. The van der Waals surface area contributed by atoms with E-state index in [-0.39, 0.29) is 5.75 Å². The van der Waals surface area contributed by atoms with Crippen LogP contribution in [-0.2, 0) is 9.05 Å². The zero-order valence-electron chi connectivity index (χ0n) is 9.10. The van der Waals surface area contributed by atoms with Gasteiger partial charge in [0, 0.05) is 10.7 Å². The molecule has 0 atom stereocenters. The zero-order valence-corrected chi connectivity index (χ0v) is 10.7. The van der Waals surface area contributed by atoms with Crippen molar-refractivity contribution in [3.8, 4) is 11.8 Å². The van der Waals surface area contributed by atoms with Gasteiger partial charge in [0.25, 0.3) is 0 Å². The predicted molar refractivity (Wildman–Crippen MR) is 65.5 cm³/mol. The van der Waals surface area contributed by atoms with Crippen molar-refractivity contribution in [3.63, 3.8) is 0 Å². The van der Waals surface area contributed by atoms with Gasteiger partial charge in [-0.15, -0.1) is 0 Å². The van der Waals surface area contributed by atoms with Crippen LogP contribution in [0.15, 0.2) is 24.3 Å². The second-order valence-corrected chi connectivity index (χ2v) is 6.30. The molecule has 0 N–H and O–H groups in total. The number of halogens is 1. The second kappa shape index (κ2) is 6.48. The number of nitrogens with zero attached hydrogens (tertiary/aromatic N) is 1. The van der Waals surface area contributed by atoms with Crippen LogP contribution >= 0.6 is 10.7 Å². The molecule has 4 nitrogen and oxygen atoms in total. The summed E-state index contributed by atoms with van der Waals surface area (Å²) in [5.41, 5.74) is 0.470. The van der Waals surface area contributed by atoms with E-state index in [1.807, 2.05) is 6.07 Å². The number of rotatable bonds is 6. The lowest BCUT2D eigenvalue weighted by molar-refractivity contribution is 0.309. The maximum atomic E-state index is 10.6.